The summed E-state index contributed by atoms with van der Waals surface area (Å²) in [6, 6.07) is 3.82. The van der Waals surface area contributed by atoms with Gasteiger partial charge in [0.05, 0.1) is 18.6 Å². The highest BCUT2D eigenvalue weighted by atomic mass is 32.2. The van der Waals surface area contributed by atoms with Crippen LogP contribution >= 0.6 is 11.3 Å². The number of hydrogen-bond acceptors (Lipinski definition) is 15. The van der Waals surface area contributed by atoms with Crippen molar-refractivity contribution in [2.24, 2.45) is 15.9 Å². The fourth-order valence-corrected chi connectivity index (χ4v) is 6.07. The van der Waals surface area contributed by atoms with Gasteiger partial charge in [0.1, 0.15) is 42.6 Å². The first kappa shape index (κ1) is 33.2. The molecule has 47 heavy (non-hydrogen) atoms. The van der Waals surface area contributed by atoms with Crippen LogP contribution in [0.5, 0.6) is 5.75 Å². The second kappa shape index (κ2) is 14.1. The molecule has 8 N–H and O–H groups in total. The fourth-order valence-electron chi connectivity index (χ4n) is 4.65. The summed E-state index contributed by atoms with van der Waals surface area (Å²) in [5, 5.41) is 24.2. The molecule has 5 rings (SSSR count). The van der Waals surface area contributed by atoms with Crippen molar-refractivity contribution in [3.63, 3.8) is 0 Å². The van der Waals surface area contributed by atoms with Gasteiger partial charge >= 0.3 is 16.3 Å². The van der Waals surface area contributed by atoms with Crippen molar-refractivity contribution in [2.75, 3.05) is 25.4 Å². The number of carbonyl (C=O) groups excluding carboxylic acids is 2. The maximum atomic E-state index is 13.3. The van der Waals surface area contributed by atoms with Gasteiger partial charge in [-0.2, -0.15) is 13.5 Å². The zero-order valence-corrected chi connectivity index (χ0v) is 25.9. The molecule has 250 valence electrons. The molecule has 4 heterocycles. The van der Waals surface area contributed by atoms with Crippen molar-refractivity contribution in [1.82, 2.24) is 34.7 Å². The zero-order chi connectivity index (χ0) is 33.7. The number of aliphatic carboxylic acids is 1. The number of nitrogens with zero attached hydrogens (tertiary/aromatic N) is 7. The first-order valence-electron chi connectivity index (χ1n) is 13.8. The Labute approximate surface area is 270 Å². The quantitative estimate of drug-likeness (QED) is 0.0345. The van der Waals surface area contributed by atoms with Crippen LogP contribution < -0.4 is 26.8 Å². The molecule has 1 aromatic carbocycles. The molecule has 2 aromatic heterocycles. The summed E-state index contributed by atoms with van der Waals surface area (Å²) in [6.45, 7) is 0.820. The molecule has 0 bridgehead atoms. The van der Waals surface area contributed by atoms with Gasteiger partial charge in [0.25, 0.3) is 17.9 Å². The van der Waals surface area contributed by atoms with Crippen LogP contribution in [0.25, 0.3) is 0 Å². The molecule has 0 saturated carbocycles. The average molecular weight is 692 g/mol. The number of ether oxygens (including phenoxy) is 1. The molecule has 2 saturated heterocycles. The minimum absolute atomic E-state index is 0.0361. The Morgan fingerprint density at radius 2 is 2.04 bits per heavy atom. The molecule has 0 radical (unpaired) electrons. The number of β-lactam (4-membered cyclic amide) rings is 1. The van der Waals surface area contributed by atoms with Crippen LogP contribution in [0.3, 0.4) is 0 Å². The second-order valence-electron chi connectivity index (χ2n) is 10.2. The molecule has 3 aromatic rings. The van der Waals surface area contributed by atoms with Crippen molar-refractivity contribution in [3.05, 3.63) is 53.6 Å². The van der Waals surface area contributed by atoms with Crippen LogP contribution in [0.1, 0.15) is 17.7 Å². The Kier molecular flexibility index (Phi) is 9.93. The summed E-state index contributed by atoms with van der Waals surface area (Å²) in [7, 11) is -4.98. The Balaban J connectivity index is 1.28. The number of aliphatic imine (C=N–C) groups is 1. The second-order valence-corrected chi connectivity index (χ2v) is 12.4. The molecule has 4 atom stereocenters. The van der Waals surface area contributed by atoms with E-state index in [0.717, 1.165) is 30.8 Å². The van der Waals surface area contributed by atoms with Gasteiger partial charge in [-0.1, -0.05) is 5.16 Å². The minimum atomic E-state index is -4.98. The van der Waals surface area contributed by atoms with E-state index in [0.29, 0.717) is 17.1 Å². The van der Waals surface area contributed by atoms with Gasteiger partial charge in [-0.05, 0) is 37.2 Å². The number of oxime groups is 1. The largest absolute Gasteiger partial charge is 0.489 e. The summed E-state index contributed by atoms with van der Waals surface area (Å²) >= 11 is 0.939. The lowest BCUT2D eigenvalue weighted by Crippen LogP contribution is -2.73. The predicted octanol–water partition coefficient (Wildman–Crippen LogP) is -2.16. The lowest BCUT2D eigenvalue weighted by Gasteiger charge is -2.43. The molecule has 2 amide bonds. The molecule has 2 fully saturated rings. The van der Waals surface area contributed by atoms with E-state index in [-0.39, 0.29) is 27.7 Å². The Hall–Kier alpha value is -5.19. The number of amides is 2. The SMILES string of the molecule is NC(=N[C@H]1CCNC1)c1ccc(OC[C@H](O/N=C(\C(=O)NC2C(=O)N(S(=O)(=O)O)C2Cn2cncn2)c2csc(N)n2)C(=O)O)cc1. The Morgan fingerprint density at radius 3 is 2.64 bits per heavy atom. The van der Waals surface area contributed by atoms with E-state index in [1.807, 2.05) is 0 Å². The molecule has 2 unspecified atom stereocenters. The van der Waals surface area contributed by atoms with Crippen molar-refractivity contribution < 1.29 is 42.0 Å². The predicted molar refractivity (Wildman–Crippen MR) is 164 cm³/mol. The molecule has 20 nitrogen and oxygen atoms in total. The number of benzene rings is 1. The molecule has 0 spiro atoms. The van der Waals surface area contributed by atoms with Gasteiger partial charge in [-0.3, -0.25) is 23.8 Å². The number of nitrogens with one attached hydrogen (secondary N) is 2. The van der Waals surface area contributed by atoms with Gasteiger partial charge in [0.15, 0.2) is 10.8 Å². The van der Waals surface area contributed by atoms with Crippen LogP contribution in [0.2, 0.25) is 0 Å². The van der Waals surface area contributed by atoms with E-state index in [4.69, 9.17) is 21.0 Å². The van der Waals surface area contributed by atoms with Gasteiger partial charge in [-0.25, -0.2) is 19.1 Å². The van der Waals surface area contributed by atoms with Crippen LogP contribution in [0, 0.1) is 0 Å². The van der Waals surface area contributed by atoms with Crippen LogP contribution in [0.4, 0.5) is 5.13 Å². The maximum absolute atomic E-state index is 13.3. The molecular formula is C25H29N11O9S2. The number of nitrogen functional groups attached to an aromatic ring is 1. The van der Waals surface area contributed by atoms with Gasteiger partial charge < -0.3 is 36.8 Å². The number of hydrogen-bond donors (Lipinski definition) is 6. The summed E-state index contributed by atoms with van der Waals surface area (Å²) in [5.41, 5.74) is 11.8. The molecule has 2 aliphatic rings. The lowest BCUT2D eigenvalue weighted by molar-refractivity contribution is -0.152. The first-order chi connectivity index (χ1) is 22.4. The van der Waals surface area contributed by atoms with Crippen molar-refractivity contribution in [3.8, 4) is 5.75 Å². The number of carbonyl (C=O) groups is 3. The van der Waals surface area contributed by atoms with Crippen molar-refractivity contribution >= 4 is 56.1 Å². The normalized spacial score (nSPS) is 20.8. The van der Waals surface area contributed by atoms with Gasteiger partial charge in [0, 0.05) is 17.5 Å². The van der Waals surface area contributed by atoms with Crippen molar-refractivity contribution in [2.45, 2.75) is 37.2 Å². The standard InChI is InChI=1S/C25H29N11O9S2/c26-21(31-14-5-6-28-7-14)13-1-3-15(4-2-13)44-9-18(24(39)40)45-34-19(16-10-46-25(27)32-16)22(37)33-20-17(8-35-12-29-11-30-35)36(23(20)38)47(41,42)43/h1-4,10-12,14,17-18,20,28H,5-9H2,(H2,26,31)(H2,27,32)(H,33,37)(H,39,40)(H,41,42,43)/b34-19-/t14-,17?,18-,20?/m0/s1. The zero-order valence-electron chi connectivity index (χ0n) is 24.2. The Bertz CT molecular complexity index is 1770. The van der Waals surface area contributed by atoms with Gasteiger partial charge in [-0.15, -0.1) is 11.3 Å². The smallest absolute Gasteiger partial charge is 0.362 e. The number of amidine groups is 1. The van der Waals surface area contributed by atoms with E-state index in [2.05, 4.69) is 35.8 Å². The topological polar surface area (TPSA) is 292 Å². The Morgan fingerprint density at radius 1 is 1.28 bits per heavy atom. The first-order valence-corrected chi connectivity index (χ1v) is 16.1. The van der Waals surface area contributed by atoms with Crippen molar-refractivity contribution in [1.29, 1.82) is 0 Å². The van der Waals surface area contributed by atoms with E-state index in [1.165, 1.54) is 22.7 Å². The van der Waals surface area contributed by atoms with Crippen LogP contribution in [-0.2, 0) is 36.1 Å². The number of carboxylic acids is 1. The summed E-state index contributed by atoms with van der Waals surface area (Å²) in [6.07, 6.45) is 1.58. The summed E-state index contributed by atoms with van der Waals surface area (Å²) < 4.78 is 40.1. The number of thiazole rings is 1. The highest BCUT2D eigenvalue weighted by Crippen LogP contribution is 2.25. The minimum Gasteiger partial charge on any atom is -0.489 e. The fraction of sp³-hybridized carbons (Fsp3) is 0.360. The van der Waals surface area contributed by atoms with E-state index < -0.39 is 58.6 Å². The third kappa shape index (κ3) is 7.97. The number of aromatic nitrogens is 4. The van der Waals surface area contributed by atoms with Crippen LogP contribution in [-0.4, -0.2) is 115 Å². The third-order valence-electron chi connectivity index (χ3n) is 6.98. The maximum Gasteiger partial charge on any atom is 0.362 e. The number of carboxylic acid groups (broad SMARTS) is 1. The van der Waals surface area contributed by atoms with E-state index >= 15 is 0 Å². The molecule has 22 heteroatoms. The van der Waals surface area contributed by atoms with Crippen LogP contribution in [0.15, 0.2) is 52.4 Å². The molecule has 2 aliphatic heterocycles. The highest BCUT2D eigenvalue weighted by Gasteiger charge is 2.54. The van der Waals surface area contributed by atoms with E-state index in [9.17, 15) is 32.5 Å². The number of anilines is 1. The number of nitrogens with two attached hydrogens (primary N) is 2. The monoisotopic (exact) mass is 691 g/mol. The molecular weight excluding hydrogens is 662 g/mol. The third-order valence-corrected chi connectivity index (χ3v) is 8.60. The summed E-state index contributed by atoms with van der Waals surface area (Å²) in [4.78, 5) is 55.4. The number of rotatable bonds is 14. The highest BCUT2D eigenvalue weighted by molar-refractivity contribution is 7.84. The average Bonchev–Trinajstić information content (AvgIpc) is 3.81. The van der Waals surface area contributed by atoms with Gasteiger partial charge in [0.2, 0.25) is 0 Å². The van der Waals surface area contributed by atoms with E-state index in [1.54, 1.807) is 24.3 Å². The molecule has 0 aliphatic carbocycles. The summed E-state index contributed by atoms with van der Waals surface area (Å²) in [5.74, 6) is -3.05. The lowest BCUT2D eigenvalue weighted by atomic mass is 9.98.